The summed E-state index contributed by atoms with van der Waals surface area (Å²) in [5.41, 5.74) is 0.386. The summed E-state index contributed by atoms with van der Waals surface area (Å²) in [6, 6.07) is 3.87. The first kappa shape index (κ1) is 12.4. The Bertz CT molecular complexity index is 369. The molecule has 0 aliphatic rings. The zero-order valence-electron chi connectivity index (χ0n) is 9.94. The zero-order chi connectivity index (χ0) is 12.0. The molecule has 0 aromatic carbocycles. The van der Waals surface area contributed by atoms with Crippen molar-refractivity contribution in [2.75, 3.05) is 26.0 Å². The van der Waals surface area contributed by atoms with Gasteiger partial charge < -0.3 is 10.2 Å². The van der Waals surface area contributed by atoms with Gasteiger partial charge in [0, 0.05) is 12.2 Å². The second-order valence-electron chi connectivity index (χ2n) is 4.01. The van der Waals surface area contributed by atoms with E-state index in [4.69, 9.17) is 5.26 Å². The van der Waals surface area contributed by atoms with Crippen LogP contribution in [0, 0.1) is 11.3 Å². The predicted molar refractivity (Wildman–Crippen MR) is 63.0 cm³/mol. The van der Waals surface area contributed by atoms with Gasteiger partial charge in [-0.25, -0.2) is 9.97 Å². The van der Waals surface area contributed by atoms with Crippen LogP contribution < -0.4 is 5.32 Å². The number of nitrogens with one attached hydrogen (secondary N) is 1. The third-order valence-corrected chi connectivity index (χ3v) is 2.15. The summed E-state index contributed by atoms with van der Waals surface area (Å²) in [5, 5.41) is 11.9. The molecule has 0 spiro atoms. The minimum atomic E-state index is 0.288. The Morgan fingerprint density at radius 2 is 2.31 bits per heavy atom. The van der Waals surface area contributed by atoms with E-state index in [1.54, 1.807) is 12.3 Å². The molecule has 1 rings (SSSR count). The fraction of sp³-hybridized carbons (Fsp3) is 0.545. The van der Waals surface area contributed by atoms with E-state index in [1.807, 2.05) is 20.2 Å². The van der Waals surface area contributed by atoms with Gasteiger partial charge in [0.1, 0.15) is 11.8 Å². The normalized spacial score (nSPS) is 12.2. The summed E-state index contributed by atoms with van der Waals surface area (Å²) >= 11 is 0. The minimum Gasteiger partial charge on any atom is -0.352 e. The van der Waals surface area contributed by atoms with Crippen molar-refractivity contribution in [3.8, 4) is 6.07 Å². The van der Waals surface area contributed by atoms with Gasteiger partial charge in [0.15, 0.2) is 0 Å². The first-order chi connectivity index (χ1) is 7.61. The van der Waals surface area contributed by atoms with Crippen LogP contribution in [0.25, 0.3) is 0 Å². The molecule has 1 heterocycles. The van der Waals surface area contributed by atoms with E-state index in [0.29, 0.717) is 11.6 Å². The lowest BCUT2D eigenvalue weighted by Crippen LogP contribution is -2.23. The van der Waals surface area contributed by atoms with E-state index in [1.165, 1.54) is 0 Å². The lowest BCUT2D eigenvalue weighted by atomic mass is 10.2. The number of aromatic nitrogens is 2. The van der Waals surface area contributed by atoms with Gasteiger partial charge in [-0.3, -0.25) is 0 Å². The van der Waals surface area contributed by atoms with E-state index >= 15 is 0 Å². The average molecular weight is 219 g/mol. The molecular formula is C11H17N5. The van der Waals surface area contributed by atoms with Gasteiger partial charge in [-0.15, -0.1) is 0 Å². The first-order valence-corrected chi connectivity index (χ1v) is 5.26. The lowest BCUT2D eigenvalue weighted by molar-refractivity contribution is 0.390. The van der Waals surface area contributed by atoms with Gasteiger partial charge in [-0.2, -0.15) is 5.26 Å². The number of nitriles is 1. The molecule has 1 aromatic rings. The van der Waals surface area contributed by atoms with Crippen LogP contribution in [0.1, 0.15) is 19.0 Å². The topological polar surface area (TPSA) is 64.8 Å². The standard InChI is InChI=1S/C11H17N5/c1-9(5-7-16(2)3)14-11-13-6-4-10(8-12)15-11/h4,6,9H,5,7H2,1-3H3,(H,13,14,15). The number of rotatable bonds is 5. The van der Waals surface area contributed by atoms with Crippen molar-refractivity contribution in [3.05, 3.63) is 18.0 Å². The molecule has 0 amide bonds. The molecule has 5 nitrogen and oxygen atoms in total. The molecule has 16 heavy (non-hydrogen) atoms. The Labute approximate surface area is 96.1 Å². The van der Waals surface area contributed by atoms with Gasteiger partial charge in [-0.1, -0.05) is 0 Å². The van der Waals surface area contributed by atoms with Gasteiger partial charge in [0.05, 0.1) is 0 Å². The Morgan fingerprint density at radius 3 is 2.94 bits per heavy atom. The molecule has 0 bridgehead atoms. The number of hydrogen-bond donors (Lipinski definition) is 1. The van der Waals surface area contributed by atoms with Crippen LogP contribution in [0.15, 0.2) is 12.3 Å². The number of hydrogen-bond acceptors (Lipinski definition) is 5. The maximum Gasteiger partial charge on any atom is 0.224 e. The highest BCUT2D eigenvalue weighted by atomic mass is 15.1. The van der Waals surface area contributed by atoms with Gasteiger partial charge in [0.2, 0.25) is 5.95 Å². The molecule has 0 radical (unpaired) electrons. The summed E-state index contributed by atoms with van der Waals surface area (Å²) in [7, 11) is 4.08. The van der Waals surface area contributed by atoms with E-state index in [9.17, 15) is 0 Å². The highest BCUT2D eigenvalue weighted by molar-refractivity contribution is 5.30. The fourth-order valence-electron chi connectivity index (χ4n) is 1.23. The van der Waals surface area contributed by atoms with E-state index in [-0.39, 0.29) is 6.04 Å². The Kier molecular flexibility index (Phi) is 4.67. The van der Waals surface area contributed by atoms with Crippen molar-refractivity contribution in [1.82, 2.24) is 14.9 Å². The van der Waals surface area contributed by atoms with Crippen molar-refractivity contribution in [3.63, 3.8) is 0 Å². The van der Waals surface area contributed by atoms with E-state index in [2.05, 4.69) is 27.1 Å². The Morgan fingerprint density at radius 1 is 1.56 bits per heavy atom. The second-order valence-corrected chi connectivity index (χ2v) is 4.01. The maximum atomic E-state index is 8.70. The molecule has 1 aromatic heterocycles. The quantitative estimate of drug-likeness (QED) is 0.803. The Hall–Kier alpha value is -1.67. The van der Waals surface area contributed by atoms with Crippen LogP contribution in [0.4, 0.5) is 5.95 Å². The molecule has 86 valence electrons. The third-order valence-electron chi connectivity index (χ3n) is 2.15. The predicted octanol–water partition coefficient (Wildman–Crippen LogP) is 1.10. The molecule has 1 atom stereocenters. The van der Waals surface area contributed by atoms with Crippen molar-refractivity contribution in [2.45, 2.75) is 19.4 Å². The average Bonchev–Trinajstić information content (AvgIpc) is 2.26. The van der Waals surface area contributed by atoms with E-state index < -0.39 is 0 Å². The Balaban J connectivity index is 2.49. The zero-order valence-corrected chi connectivity index (χ0v) is 9.94. The molecule has 5 heteroatoms. The first-order valence-electron chi connectivity index (χ1n) is 5.26. The van der Waals surface area contributed by atoms with Crippen LogP contribution in [0.2, 0.25) is 0 Å². The molecule has 1 N–H and O–H groups in total. The van der Waals surface area contributed by atoms with Crippen LogP contribution in [-0.2, 0) is 0 Å². The van der Waals surface area contributed by atoms with Crippen molar-refractivity contribution in [2.24, 2.45) is 0 Å². The molecule has 0 aliphatic heterocycles. The molecule has 0 saturated carbocycles. The molecule has 0 saturated heterocycles. The van der Waals surface area contributed by atoms with Crippen LogP contribution >= 0.6 is 0 Å². The smallest absolute Gasteiger partial charge is 0.224 e. The molecule has 0 fully saturated rings. The SMILES string of the molecule is CC(CCN(C)C)Nc1nccc(C#N)n1. The lowest BCUT2D eigenvalue weighted by Gasteiger charge is -2.16. The third kappa shape index (κ3) is 4.24. The fourth-order valence-corrected chi connectivity index (χ4v) is 1.23. The summed E-state index contributed by atoms with van der Waals surface area (Å²) < 4.78 is 0. The molecule has 1 unspecified atom stereocenters. The van der Waals surface area contributed by atoms with Crippen LogP contribution in [-0.4, -0.2) is 41.5 Å². The van der Waals surface area contributed by atoms with Gasteiger partial charge >= 0.3 is 0 Å². The van der Waals surface area contributed by atoms with Crippen LogP contribution in [0.5, 0.6) is 0 Å². The van der Waals surface area contributed by atoms with Crippen molar-refractivity contribution in [1.29, 1.82) is 5.26 Å². The molecule has 0 aliphatic carbocycles. The summed E-state index contributed by atoms with van der Waals surface area (Å²) in [6.45, 7) is 3.08. The van der Waals surface area contributed by atoms with Gasteiger partial charge in [-0.05, 0) is 40.1 Å². The van der Waals surface area contributed by atoms with Crippen LogP contribution in [0.3, 0.4) is 0 Å². The summed E-state index contributed by atoms with van der Waals surface area (Å²) in [4.78, 5) is 10.3. The number of anilines is 1. The summed E-state index contributed by atoms with van der Waals surface area (Å²) in [5.74, 6) is 0.519. The second kappa shape index (κ2) is 6.03. The monoisotopic (exact) mass is 219 g/mol. The van der Waals surface area contributed by atoms with E-state index in [0.717, 1.165) is 13.0 Å². The maximum absolute atomic E-state index is 8.70. The molecular weight excluding hydrogens is 202 g/mol. The van der Waals surface area contributed by atoms with Crippen molar-refractivity contribution < 1.29 is 0 Å². The largest absolute Gasteiger partial charge is 0.352 e. The minimum absolute atomic E-state index is 0.288. The van der Waals surface area contributed by atoms with Gasteiger partial charge in [0.25, 0.3) is 0 Å². The number of nitrogens with zero attached hydrogens (tertiary/aromatic N) is 4. The highest BCUT2D eigenvalue weighted by Crippen LogP contribution is 2.03. The van der Waals surface area contributed by atoms with Crippen molar-refractivity contribution >= 4 is 5.95 Å². The summed E-state index contributed by atoms with van der Waals surface area (Å²) in [6.07, 6.45) is 2.60. The highest BCUT2D eigenvalue weighted by Gasteiger charge is 2.05.